The quantitative estimate of drug-likeness (QED) is 0.768. The molecule has 106 valence electrons. The molecule has 0 aliphatic carbocycles. The van der Waals surface area contributed by atoms with E-state index in [4.69, 9.17) is 0 Å². The van der Waals surface area contributed by atoms with Gasteiger partial charge in [-0.05, 0) is 24.3 Å². The molecule has 1 aromatic carbocycles. The van der Waals surface area contributed by atoms with Crippen molar-refractivity contribution in [2.75, 3.05) is 17.3 Å². The number of carbonyl (C=O) groups excluding carboxylic acids is 1. The van der Waals surface area contributed by atoms with Crippen LogP contribution >= 0.6 is 0 Å². The Morgan fingerprint density at radius 2 is 2.00 bits per heavy atom. The fourth-order valence-corrected chi connectivity index (χ4v) is 1.95. The number of amides is 1. The Balaban J connectivity index is 1.85. The highest BCUT2D eigenvalue weighted by molar-refractivity contribution is 5.91. The highest BCUT2D eigenvalue weighted by Gasteiger charge is 2.07. The number of fused-ring (bicyclic) bond motifs is 1. The Kier molecular flexibility index (Phi) is 3.23. The van der Waals surface area contributed by atoms with Crippen LogP contribution in [-0.4, -0.2) is 33.1 Å². The summed E-state index contributed by atoms with van der Waals surface area (Å²) in [6, 6.07) is 7.53. The third kappa shape index (κ3) is 2.53. The SMILES string of the molecule is CC(=O)N(C)c1ccc(Nc2ncnc3[nH]ncc23)cc1. The zero-order valence-corrected chi connectivity index (χ0v) is 11.7. The van der Waals surface area contributed by atoms with Crippen LogP contribution in [0.5, 0.6) is 0 Å². The number of nitrogens with zero attached hydrogens (tertiary/aromatic N) is 4. The Hall–Kier alpha value is -2.96. The second kappa shape index (κ2) is 5.20. The summed E-state index contributed by atoms with van der Waals surface area (Å²) in [5, 5.41) is 10.8. The van der Waals surface area contributed by atoms with E-state index < -0.39 is 0 Å². The van der Waals surface area contributed by atoms with Gasteiger partial charge in [0.2, 0.25) is 5.91 Å². The van der Waals surface area contributed by atoms with Gasteiger partial charge in [-0.2, -0.15) is 5.10 Å². The van der Waals surface area contributed by atoms with Gasteiger partial charge in [-0.15, -0.1) is 0 Å². The summed E-state index contributed by atoms with van der Waals surface area (Å²) >= 11 is 0. The number of hydrogen-bond acceptors (Lipinski definition) is 5. The van der Waals surface area contributed by atoms with Crippen LogP contribution in [0.2, 0.25) is 0 Å². The van der Waals surface area contributed by atoms with E-state index in [-0.39, 0.29) is 5.91 Å². The summed E-state index contributed by atoms with van der Waals surface area (Å²) in [6.45, 7) is 1.53. The molecule has 0 saturated carbocycles. The molecular formula is C14H14N6O. The van der Waals surface area contributed by atoms with E-state index in [1.807, 2.05) is 24.3 Å². The molecule has 0 spiro atoms. The Bertz CT molecular complexity index is 780. The van der Waals surface area contributed by atoms with E-state index in [0.717, 1.165) is 16.8 Å². The van der Waals surface area contributed by atoms with Crippen molar-refractivity contribution in [3.8, 4) is 0 Å². The smallest absolute Gasteiger partial charge is 0.223 e. The van der Waals surface area contributed by atoms with Crippen molar-refractivity contribution in [3.63, 3.8) is 0 Å². The average Bonchev–Trinajstić information content (AvgIpc) is 2.97. The number of rotatable bonds is 3. The minimum Gasteiger partial charge on any atom is -0.340 e. The molecule has 0 saturated heterocycles. The summed E-state index contributed by atoms with van der Waals surface area (Å²) in [4.78, 5) is 21.2. The van der Waals surface area contributed by atoms with E-state index in [9.17, 15) is 4.79 Å². The Morgan fingerprint density at radius 3 is 2.71 bits per heavy atom. The van der Waals surface area contributed by atoms with Gasteiger partial charge in [0.05, 0.1) is 11.6 Å². The van der Waals surface area contributed by atoms with Crippen LogP contribution in [0.25, 0.3) is 11.0 Å². The van der Waals surface area contributed by atoms with E-state index in [0.29, 0.717) is 11.5 Å². The number of anilines is 3. The number of aromatic nitrogens is 4. The third-order valence-corrected chi connectivity index (χ3v) is 3.24. The van der Waals surface area contributed by atoms with Crippen LogP contribution in [-0.2, 0) is 4.79 Å². The fraction of sp³-hybridized carbons (Fsp3) is 0.143. The van der Waals surface area contributed by atoms with Gasteiger partial charge in [-0.1, -0.05) is 0 Å². The lowest BCUT2D eigenvalue weighted by molar-refractivity contribution is -0.116. The van der Waals surface area contributed by atoms with Gasteiger partial charge < -0.3 is 10.2 Å². The first-order chi connectivity index (χ1) is 10.1. The van der Waals surface area contributed by atoms with Crippen molar-refractivity contribution < 1.29 is 4.79 Å². The molecule has 3 rings (SSSR count). The van der Waals surface area contributed by atoms with Crippen molar-refractivity contribution >= 4 is 34.1 Å². The molecule has 0 aliphatic rings. The van der Waals surface area contributed by atoms with Crippen LogP contribution in [0.4, 0.5) is 17.2 Å². The zero-order chi connectivity index (χ0) is 14.8. The minimum atomic E-state index is -0.00776. The Morgan fingerprint density at radius 1 is 1.24 bits per heavy atom. The molecule has 0 fully saturated rings. The predicted octanol–water partition coefficient (Wildman–Crippen LogP) is 2.08. The third-order valence-electron chi connectivity index (χ3n) is 3.24. The van der Waals surface area contributed by atoms with Crippen LogP contribution < -0.4 is 10.2 Å². The monoisotopic (exact) mass is 282 g/mol. The molecule has 7 heteroatoms. The standard InChI is InChI=1S/C14H14N6O/c1-9(21)20(2)11-5-3-10(4-6-11)18-13-12-7-17-19-14(12)16-8-15-13/h3-8H,1-2H3,(H2,15,16,17,18,19). The van der Waals surface area contributed by atoms with Gasteiger partial charge in [-0.3, -0.25) is 9.89 Å². The van der Waals surface area contributed by atoms with Crippen LogP contribution in [0.1, 0.15) is 6.92 Å². The Labute approximate surface area is 121 Å². The molecule has 7 nitrogen and oxygen atoms in total. The summed E-state index contributed by atoms with van der Waals surface area (Å²) in [5.74, 6) is 0.674. The molecule has 0 aliphatic heterocycles. The van der Waals surface area contributed by atoms with Crippen molar-refractivity contribution in [1.82, 2.24) is 20.2 Å². The maximum Gasteiger partial charge on any atom is 0.223 e. The second-order valence-electron chi connectivity index (χ2n) is 4.60. The van der Waals surface area contributed by atoms with Gasteiger partial charge >= 0.3 is 0 Å². The van der Waals surface area contributed by atoms with E-state index in [1.54, 1.807) is 18.1 Å². The van der Waals surface area contributed by atoms with E-state index >= 15 is 0 Å². The predicted molar refractivity (Wildman–Crippen MR) is 80.5 cm³/mol. The first-order valence-electron chi connectivity index (χ1n) is 6.40. The lowest BCUT2D eigenvalue weighted by Gasteiger charge is -2.15. The van der Waals surface area contributed by atoms with Crippen molar-refractivity contribution in [1.29, 1.82) is 0 Å². The maximum absolute atomic E-state index is 11.3. The van der Waals surface area contributed by atoms with E-state index in [1.165, 1.54) is 13.3 Å². The maximum atomic E-state index is 11.3. The topological polar surface area (TPSA) is 86.8 Å². The van der Waals surface area contributed by atoms with Gasteiger partial charge in [-0.25, -0.2) is 9.97 Å². The molecule has 21 heavy (non-hydrogen) atoms. The fourth-order valence-electron chi connectivity index (χ4n) is 1.95. The minimum absolute atomic E-state index is 0.00776. The van der Waals surface area contributed by atoms with E-state index in [2.05, 4.69) is 25.5 Å². The lowest BCUT2D eigenvalue weighted by Crippen LogP contribution is -2.22. The first-order valence-corrected chi connectivity index (χ1v) is 6.40. The highest BCUT2D eigenvalue weighted by Crippen LogP contribution is 2.23. The molecule has 2 N–H and O–H groups in total. The summed E-state index contributed by atoms with van der Waals surface area (Å²) in [5.41, 5.74) is 2.39. The second-order valence-corrected chi connectivity index (χ2v) is 4.60. The average molecular weight is 282 g/mol. The van der Waals surface area contributed by atoms with Crippen LogP contribution in [0.15, 0.2) is 36.8 Å². The first kappa shape index (κ1) is 13.0. The van der Waals surface area contributed by atoms with Gasteiger partial charge in [0.15, 0.2) is 5.65 Å². The molecule has 0 radical (unpaired) electrons. The van der Waals surface area contributed by atoms with Crippen molar-refractivity contribution in [2.24, 2.45) is 0 Å². The zero-order valence-electron chi connectivity index (χ0n) is 11.7. The molecule has 2 heterocycles. The molecule has 2 aromatic heterocycles. The number of nitrogens with one attached hydrogen (secondary N) is 2. The molecular weight excluding hydrogens is 268 g/mol. The van der Waals surface area contributed by atoms with Crippen molar-refractivity contribution in [2.45, 2.75) is 6.92 Å². The van der Waals surface area contributed by atoms with Crippen LogP contribution in [0.3, 0.4) is 0 Å². The number of H-pyrrole nitrogens is 1. The van der Waals surface area contributed by atoms with Crippen molar-refractivity contribution in [3.05, 3.63) is 36.8 Å². The highest BCUT2D eigenvalue weighted by atomic mass is 16.2. The molecule has 3 aromatic rings. The normalized spacial score (nSPS) is 10.6. The number of benzene rings is 1. The summed E-state index contributed by atoms with van der Waals surface area (Å²) in [7, 11) is 1.74. The summed E-state index contributed by atoms with van der Waals surface area (Å²) < 4.78 is 0. The largest absolute Gasteiger partial charge is 0.340 e. The molecule has 0 unspecified atom stereocenters. The number of hydrogen-bond donors (Lipinski definition) is 2. The summed E-state index contributed by atoms with van der Waals surface area (Å²) in [6.07, 6.45) is 3.15. The number of carbonyl (C=O) groups is 1. The van der Waals surface area contributed by atoms with Gasteiger partial charge in [0.1, 0.15) is 12.1 Å². The number of aromatic amines is 1. The molecule has 0 bridgehead atoms. The van der Waals surface area contributed by atoms with Gasteiger partial charge in [0.25, 0.3) is 0 Å². The van der Waals surface area contributed by atoms with Crippen LogP contribution in [0, 0.1) is 0 Å². The molecule has 1 amide bonds. The molecule has 0 atom stereocenters. The lowest BCUT2D eigenvalue weighted by atomic mass is 10.2. The van der Waals surface area contributed by atoms with Gasteiger partial charge in [0, 0.05) is 25.3 Å².